The first-order chi connectivity index (χ1) is 53.1. The fraction of sp³-hybridized carbons (Fsp3) is 0.341. The van der Waals surface area contributed by atoms with Gasteiger partial charge in [-0.3, -0.25) is 19.2 Å². The SMILES string of the molecule is CC(C)[C@H](NC(=O)OCC1c2ccccc2-c2ccccc21)C(=O)C[C@H](CC(=O)O)Cc1cn(C)c2ccccc12.CC(C)[C@H](NC(=O)OCC1c2ccccc2-c2ccccc21)C(=O)C[C@H](CC(=O)O[Si](C)(C)C)Cc1cn(C)c2ccccc12.CC(C)[C@H](NC(=O)OCC1c2ccccc2-c2ccccc21)C(=O)O. The molecule has 578 valence electrons. The van der Waals surface area contributed by atoms with Crippen LogP contribution in [0.25, 0.3) is 55.2 Å². The van der Waals surface area contributed by atoms with Gasteiger partial charge in [0.05, 0.1) is 12.1 Å². The van der Waals surface area contributed by atoms with Crippen LogP contribution >= 0.6 is 0 Å². The molecular formula is C91H101N5O14Si. The lowest BCUT2D eigenvalue weighted by molar-refractivity contribution is -0.141. The van der Waals surface area contributed by atoms with E-state index in [1.165, 1.54) is 0 Å². The van der Waals surface area contributed by atoms with Gasteiger partial charge in [-0.05, 0) is 152 Å². The molecule has 3 aliphatic carbocycles. The Kier molecular flexibility index (Phi) is 26.1. The predicted molar refractivity (Wildman–Crippen MR) is 434 cm³/mol. The second-order valence-electron chi connectivity index (χ2n) is 31.3. The van der Waals surface area contributed by atoms with Crippen molar-refractivity contribution in [3.8, 4) is 33.4 Å². The number of carbonyl (C=O) groups is 8. The third-order valence-corrected chi connectivity index (χ3v) is 21.9. The van der Waals surface area contributed by atoms with Crippen molar-refractivity contribution >= 4 is 77.9 Å². The minimum absolute atomic E-state index is 0.0412. The van der Waals surface area contributed by atoms with Crippen LogP contribution < -0.4 is 16.0 Å². The monoisotopic (exact) mass is 1520 g/mol. The topological polar surface area (TPSA) is 260 Å². The summed E-state index contributed by atoms with van der Waals surface area (Å²) in [6.07, 6.45) is 3.27. The number of Topliss-reactive ketones (excluding diaryl/α,β-unsaturated/α-hetero) is 2. The van der Waals surface area contributed by atoms with E-state index in [0.717, 1.165) is 99.7 Å². The summed E-state index contributed by atoms with van der Waals surface area (Å²) < 4.78 is 26.7. The van der Waals surface area contributed by atoms with Gasteiger partial charge in [-0.1, -0.05) is 224 Å². The van der Waals surface area contributed by atoms with Gasteiger partial charge < -0.3 is 53.9 Å². The summed E-state index contributed by atoms with van der Waals surface area (Å²) in [5.74, 6) is -4.07. The molecule has 5 atom stereocenters. The van der Waals surface area contributed by atoms with Gasteiger partial charge in [0.15, 0.2) is 11.6 Å². The van der Waals surface area contributed by atoms with E-state index < -0.39 is 62.6 Å². The standard InChI is InChI=1S/C37H44N2O5Si.C34H36N2O5.C20H21NO4/c1-24(2)36(38-37(42)43-23-32-30-16-9-7-14-28(30)29-15-8-10-17-31(29)32)34(40)20-25(21-35(41)44-45(4,5)6)19-26-22-39(3)33-18-12-11-13-27(26)33;1-21(2)33(31(37)17-22(18-32(38)39)16-23-19-36(3)30-15-9-8-10-24(23)30)35-34(40)41-20-29-27-13-6-4-11-25(27)26-12-5-7-14-28(26)29;1-12(2)18(19(22)23)21-20(24)25-11-17-15-9-5-3-7-13(15)14-8-4-6-10-16(14)17/h7-18,22,24-25,32,36H,19-21,23H2,1-6H3,(H,38,42);4-15,19,21-22,29,33H,16-18,20H2,1-3H3,(H,35,40)(H,38,39);3-10,12,17-18H,11H2,1-2H3,(H,21,24)(H,22,23)/t25-,36+;22-,33+;18-/m110/s1. The lowest BCUT2D eigenvalue weighted by Crippen LogP contribution is -2.45. The second-order valence-corrected chi connectivity index (χ2v) is 35.8. The summed E-state index contributed by atoms with van der Waals surface area (Å²) in [7, 11) is 1.86. The number of benzene rings is 8. The van der Waals surface area contributed by atoms with Crippen molar-refractivity contribution in [3.05, 3.63) is 251 Å². The number of carboxylic acid groups (broad SMARTS) is 2. The number of aromatic nitrogens is 2. The molecule has 2 aromatic heterocycles. The number of amides is 3. The van der Waals surface area contributed by atoms with Crippen molar-refractivity contribution in [3.63, 3.8) is 0 Å². The number of ether oxygens (including phenoxy) is 3. The van der Waals surface area contributed by atoms with Crippen LogP contribution in [-0.2, 0) is 69.5 Å². The van der Waals surface area contributed by atoms with Crippen LogP contribution in [0.4, 0.5) is 14.4 Å². The number of rotatable bonds is 28. The molecule has 8 aromatic carbocycles. The minimum atomic E-state index is -2.10. The number of carboxylic acids is 2. The summed E-state index contributed by atoms with van der Waals surface area (Å²) in [4.78, 5) is 101. The molecule has 0 saturated carbocycles. The molecule has 0 spiro atoms. The van der Waals surface area contributed by atoms with Gasteiger partial charge >= 0.3 is 30.2 Å². The normalized spacial score (nSPS) is 14.0. The lowest BCUT2D eigenvalue weighted by Gasteiger charge is -2.25. The lowest BCUT2D eigenvalue weighted by atomic mass is 9.87. The highest BCUT2D eigenvalue weighted by Crippen LogP contribution is 2.47. The zero-order valence-corrected chi connectivity index (χ0v) is 66.0. The Balaban J connectivity index is 0.000000171. The molecule has 20 heteroatoms. The van der Waals surface area contributed by atoms with E-state index in [9.17, 15) is 43.5 Å². The number of nitrogens with zero attached hydrogens (tertiary/aromatic N) is 2. The van der Waals surface area contributed by atoms with E-state index in [4.69, 9.17) is 23.7 Å². The Morgan fingerprint density at radius 1 is 0.387 bits per heavy atom. The maximum Gasteiger partial charge on any atom is 0.407 e. The number of ketones is 2. The second kappa shape index (κ2) is 36.0. The molecule has 3 aliphatic rings. The third kappa shape index (κ3) is 19.6. The predicted octanol–water partition coefficient (Wildman–Crippen LogP) is 17.6. The molecule has 0 bridgehead atoms. The quantitative estimate of drug-likeness (QED) is 0.0226. The van der Waals surface area contributed by atoms with Gasteiger partial charge in [0.1, 0.15) is 25.9 Å². The van der Waals surface area contributed by atoms with Crippen LogP contribution in [0.2, 0.25) is 19.6 Å². The summed E-state index contributed by atoms with van der Waals surface area (Å²) in [5.41, 5.74) is 17.9. The van der Waals surface area contributed by atoms with E-state index in [1.54, 1.807) is 13.8 Å². The van der Waals surface area contributed by atoms with Crippen LogP contribution in [0.3, 0.4) is 0 Å². The van der Waals surface area contributed by atoms with Gasteiger partial charge in [-0.2, -0.15) is 0 Å². The Bertz CT molecular complexity index is 4910. The van der Waals surface area contributed by atoms with Crippen molar-refractivity contribution in [2.24, 2.45) is 43.7 Å². The largest absolute Gasteiger partial charge is 0.520 e. The number of carbonyl (C=O) groups excluding carboxylic acids is 6. The Morgan fingerprint density at radius 2 is 0.667 bits per heavy atom. The first-order valence-electron chi connectivity index (χ1n) is 38.2. The van der Waals surface area contributed by atoms with E-state index in [1.807, 2.05) is 194 Å². The van der Waals surface area contributed by atoms with Crippen LogP contribution in [0, 0.1) is 29.6 Å². The molecule has 3 amide bonds. The molecular weight excluding hydrogens is 1420 g/mol. The number of fused-ring (bicyclic) bond motifs is 11. The molecule has 2 heterocycles. The summed E-state index contributed by atoms with van der Waals surface area (Å²) in [6, 6.07) is 62.3. The molecule has 0 aliphatic heterocycles. The fourth-order valence-electron chi connectivity index (χ4n) is 16.0. The molecule has 10 aromatic rings. The van der Waals surface area contributed by atoms with Gasteiger partial charge in [0, 0.05) is 91.7 Å². The number of aliphatic carboxylic acids is 2. The molecule has 5 N–H and O–H groups in total. The number of alkyl carbamates (subject to hydrolysis) is 3. The zero-order valence-electron chi connectivity index (χ0n) is 65.0. The van der Waals surface area contributed by atoms with Gasteiger partial charge in [0.2, 0.25) is 8.32 Å². The number of hydrogen-bond donors (Lipinski definition) is 5. The Morgan fingerprint density at radius 3 is 0.955 bits per heavy atom. The van der Waals surface area contributed by atoms with Crippen molar-refractivity contribution in [2.75, 3.05) is 19.8 Å². The highest BCUT2D eigenvalue weighted by molar-refractivity contribution is 6.71. The zero-order chi connectivity index (χ0) is 79.4. The molecule has 0 unspecified atom stereocenters. The first kappa shape index (κ1) is 80.6. The van der Waals surface area contributed by atoms with Crippen LogP contribution in [0.1, 0.15) is 129 Å². The number of nitrogens with one attached hydrogen (secondary N) is 3. The maximum absolute atomic E-state index is 13.8. The van der Waals surface area contributed by atoms with E-state index >= 15 is 0 Å². The molecule has 0 saturated heterocycles. The molecule has 0 fully saturated rings. The Labute approximate surface area is 650 Å². The smallest absolute Gasteiger partial charge is 0.407 e. The van der Waals surface area contributed by atoms with Gasteiger partial charge in [-0.25, -0.2) is 19.2 Å². The first-order valence-corrected chi connectivity index (χ1v) is 41.7. The maximum atomic E-state index is 13.8. The van der Waals surface area contributed by atoms with Crippen molar-refractivity contribution in [1.82, 2.24) is 25.1 Å². The molecule has 19 nitrogen and oxygen atoms in total. The molecule has 0 radical (unpaired) electrons. The highest BCUT2D eigenvalue weighted by atomic mass is 28.4. The minimum Gasteiger partial charge on any atom is -0.520 e. The summed E-state index contributed by atoms with van der Waals surface area (Å²) >= 11 is 0. The van der Waals surface area contributed by atoms with Gasteiger partial charge in [-0.15, -0.1) is 0 Å². The number of aryl methyl sites for hydroxylation is 2. The molecule has 111 heavy (non-hydrogen) atoms. The molecule has 13 rings (SSSR count). The van der Waals surface area contributed by atoms with Gasteiger partial charge in [0.25, 0.3) is 5.97 Å². The van der Waals surface area contributed by atoms with E-state index in [-0.39, 0.29) is 104 Å². The van der Waals surface area contributed by atoms with Crippen molar-refractivity contribution in [1.29, 1.82) is 0 Å². The van der Waals surface area contributed by atoms with E-state index in [2.05, 4.69) is 99.5 Å². The number of para-hydroxylation sites is 2. The highest BCUT2D eigenvalue weighted by Gasteiger charge is 2.36. The van der Waals surface area contributed by atoms with Crippen LogP contribution in [-0.4, -0.2) is 113 Å². The third-order valence-electron chi connectivity index (χ3n) is 21.1. The van der Waals surface area contributed by atoms with Crippen molar-refractivity contribution < 1.29 is 67.2 Å². The fourth-order valence-corrected chi connectivity index (χ4v) is 16.7. The average Bonchev–Trinajstić information content (AvgIpc) is 1.63. The van der Waals surface area contributed by atoms with Crippen molar-refractivity contribution in [2.45, 2.75) is 136 Å². The van der Waals surface area contributed by atoms with E-state index in [0.29, 0.717) is 12.8 Å². The summed E-state index contributed by atoms with van der Waals surface area (Å²) in [6.45, 7) is 17.4. The summed E-state index contributed by atoms with van der Waals surface area (Å²) in [5, 5.41) is 29.0. The Hall–Kier alpha value is -11.4. The van der Waals surface area contributed by atoms with Crippen LogP contribution in [0.5, 0.6) is 0 Å². The average molecular weight is 1520 g/mol. The van der Waals surface area contributed by atoms with Crippen LogP contribution in [0.15, 0.2) is 207 Å². The number of hydrogen-bond acceptors (Lipinski definition) is 12.